The van der Waals surface area contributed by atoms with Crippen LogP contribution in [0.5, 0.6) is 17.2 Å². The van der Waals surface area contributed by atoms with Gasteiger partial charge in [-0.3, -0.25) is 4.98 Å². The van der Waals surface area contributed by atoms with Gasteiger partial charge in [0.25, 0.3) is 0 Å². The lowest BCUT2D eigenvalue weighted by Gasteiger charge is -2.18. The van der Waals surface area contributed by atoms with Gasteiger partial charge in [-0.2, -0.15) is 5.26 Å². The third kappa shape index (κ3) is 8.52. The molecule has 0 fully saturated rings. The van der Waals surface area contributed by atoms with Crippen molar-refractivity contribution in [2.24, 2.45) is 0 Å². The first-order chi connectivity index (χ1) is 24.0. The molecule has 6 rings (SSSR count). The van der Waals surface area contributed by atoms with Crippen molar-refractivity contribution in [1.82, 2.24) is 30.2 Å². The van der Waals surface area contributed by atoms with Gasteiger partial charge in [0.05, 0.1) is 21.9 Å². The SMILES string of the molecule is Cc1c(COc2cc(OCc3cncc(C#N)c3)c(CNCc3cnc[nH]3)cc2Cl)cccc1-c1cccc(OCc2cncnc2)c1Cl. The van der Waals surface area contributed by atoms with E-state index in [0.29, 0.717) is 52.6 Å². The third-order valence-corrected chi connectivity index (χ3v) is 8.40. The minimum Gasteiger partial charge on any atom is -0.488 e. The van der Waals surface area contributed by atoms with E-state index >= 15 is 0 Å². The van der Waals surface area contributed by atoms with Crippen molar-refractivity contribution in [2.75, 3.05) is 0 Å². The molecule has 6 aromatic rings. The van der Waals surface area contributed by atoms with Crippen LogP contribution in [0.2, 0.25) is 10.0 Å². The molecule has 0 aliphatic heterocycles. The van der Waals surface area contributed by atoms with Crippen LogP contribution in [0.3, 0.4) is 0 Å². The van der Waals surface area contributed by atoms with E-state index in [1.54, 1.807) is 43.2 Å². The van der Waals surface area contributed by atoms with Crippen molar-refractivity contribution in [3.8, 4) is 34.4 Å². The van der Waals surface area contributed by atoms with Gasteiger partial charge < -0.3 is 24.5 Å². The molecule has 3 heterocycles. The third-order valence-electron chi connectivity index (χ3n) is 7.71. The topological polar surface area (TPSA) is 131 Å². The molecule has 0 aliphatic rings. The number of aromatic nitrogens is 5. The summed E-state index contributed by atoms with van der Waals surface area (Å²) in [7, 11) is 0. The molecule has 0 amide bonds. The molecule has 10 nitrogen and oxygen atoms in total. The zero-order valence-corrected chi connectivity index (χ0v) is 28.0. The molecule has 0 saturated heterocycles. The fourth-order valence-corrected chi connectivity index (χ4v) is 5.67. The number of H-pyrrole nitrogens is 1. The van der Waals surface area contributed by atoms with Gasteiger partial charge in [0.15, 0.2) is 0 Å². The highest BCUT2D eigenvalue weighted by Gasteiger charge is 2.16. The van der Waals surface area contributed by atoms with Crippen molar-refractivity contribution < 1.29 is 14.2 Å². The van der Waals surface area contributed by atoms with Crippen molar-refractivity contribution in [3.63, 3.8) is 0 Å². The molecule has 0 aliphatic carbocycles. The molecule has 0 bridgehead atoms. The molecule has 3 aromatic heterocycles. The number of hydrogen-bond acceptors (Lipinski definition) is 9. The van der Waals surface area contributed by atoms with E-state index in [1.165, 1.54) is 12.5 Å². The second-order valence-corrected chi connectivity index (χ2v) is 11.9. The monoisotopic (exact) mass is 691 g/mol. The van der Waals surface area contributed by atoms with Crippen LogP contribution in [0.1, 0.15) is 39.1 Å². The average Bonchev–Trinajstić information content (AvgIpc) is 3.65. The Morgan fingerprint density at radius 3 is 2.31 bits per heavy atom. The molecule has 0 atom stereocenters. The molecular formula is C37H31Cl2N7O3. The van der Waals surface area contributed by atoms with Gasteiger partial charge in [0, 0.05) is 78.1 Å². The van der Waals surface area contributed by atoms with Crippen LogP contribution in [0, 0.1) is 18.3 Å². The maximum Gasteiger partial charge on any atom is 0.142 e. The second-order valence-electron chi connectivity index (χ2n) is 11.1. The highest BCUT2D eigenvalue weighted by molar-refractivity contribution is 6.35. The molecule has 2 N–H and O–H groups in total. The average molecular weight is 693 g/mol. The number of nitrogens with one attached hydrogen (secondary N) is 2. The Labute approximate surface area is 293 Å². The number of halogens is 2. The molecule has 0 saturated carbocycles. The highest BCUT2D eigenvalue weighted by Crippen LogP contribution is 2.39. The van der Waals surface area contributed by atoms with Crippen molar-refractivity contribution in [1.29, 1.82) is 5.26 Å². The highest BCUT2D eigenvalue weighted by atomic mass is 35.5. The molecule has 0 unspecified atom stereocenters. The summed E-state index contributed by atoms with van der Waals surface area (Å²) >= 11 is 13.6. The second kappa shape index (κ2) is 16.1. The summed E-state index contributed by atoms with van der Waals surface area (Å²) in [6.07, 6.45) is 11.5. The number of aromatic amines is 1. The van der Waals surface area contributed by atoms with E-state index < -0.39 is 0 Å². The summed E-state index contributed by atoms with van der Waals surface area (Å²) in [5.74, 6) is 1.63. The van der Waals surface area contributed by atoms with Gasteiger partial charge in [-0.05, 0) is 41.8 Å². The molecular weight excluding hydrogens is 661 g/mol. The number of rotatable bonds is 14. The standard InChI is InChI=1S/C37H31Cl2N7O3/c1-24-28(4-2-5-31(24)32-6-3-7-34(37(32)39)47-20-27-14-43-22-44-15-27)21-49-36-10-35(48-19-26-8-25(11-40)12-41-13-26)29(9-33(36)38)16-42-17-30-18-45-23-46-30/h2-10,12-15,18,22-23,42H,16-17,19-21H2,1H3,(H,45,46). The van der Waals surface area contributed by atoms with Crippen molar-refractivity contribution in [2.45, 2.75) is 39.8 Å². The van der Waals surface area contributed by atoms with Crippen LogP contribution in [0.25, 0.3) is 11.1 Å². The predicted molar refractivity (Wildman–Crippen MR) is 186 cm³/mol. The van der Waals surface area contributed by atoms with E-state index in [-0.39, 0.29) is 13.2 Å². The van der Waals surface area contributed by atoms with Gasteiger partial charge in [0.2, 0.25) is 0 Å². The zero-order valence-electron chi connectivity index (χ0n) is 26.5. The summed E-state index contributed by atoms with van der Waals surface area (Å²) in [6, 6.07) is 19.2. The van der Waals surface area contributed by atoms with Crippen molar-refractivity contribution in [3.05, 3.63) is 147 Å². The first-order valence-electron chi connectivity index (χ1n) is 15.3. The van der Waals surface area contributed by atoms with Crippen LogP contribution in [0.15, 0.2) is 98.2 Å². The number of pyridine rings is 1. The van der Waals surface area contributed by atoms with Crippen LogP contribution in [-0.2, 0) is 32.9 Å². The summed E-state index contributed by atoms with van der Waals surface area (Å²) in [4.78, 5) is 19.4. The van der Waals surface area contributed by atoms with E-state index in [0.717, 1.165) is 44.6 Å². The van der Waals surface area contributed by atoms with Gasteiger partial charge >= 0.3 is 0 Å². The number of imidazole rings is 1. The lowest BCUT2D eigenvalue weighted by Crippen LogP contribution is -2.14. The van der Waals surface area contributed by atoms with Gasteiger partial charge in [-0.15, -0.1) is 0 Å². The van der Waals surface area contributed by atoms with E-state index in [1.807, 2.05) is 49.4 Å². The van der Waals surface area contributed by atoms with Gasteiger partial charge in [-0.1, -0.05) is 53.5 Å². The number of nitrogens with zero attached hydrogens (tertiary/aromatic N) is 5. The first kappa shape index (κ1) is 33.4. The normalized spacial score (nSPS) is 10.8. The Morgan fingerprint density at radius 1 is 0.735 bits per heavy atom. The lowest BCUT2D eigenvalue weighted by molar-refractivity contribution is 0.287. The maximum absolute atomic E-state index is 9.28. The summed E-state index contributed by atoms with van der Waals surface area (Å²) < 4.78 is 18.6. The van der Waals surface area contributed by atoms with Crippen LogP contribution < -0.4 is 19.5 Å². The number of ether oxygens (including phenoxy) is 3. The summed E-state index contributed by atoms with van der Waals surface area (Å²) in [5, 5.41) is 13.6. The minimum absolute atomic E-state index is 0.209. The molecule has 3 aromatic carbocycles. The molecule has 0 radical (unpaired) electrons. The predicted octanol–water partition coefficient (Wildman–Crippen LogP) is 7.78. The fraction of sp³-hybridized carbons (Fsp3) is 0.162. The largest absolute Gasteiger partial charge is 0.488 e. The quantitative estimate of drug-likeness (QED) is 0.118. The minimum atomic E-state index is 0.209. The number of hydrogen-bond donors (Lipinski definition) is 2. The Morgan fingerprint density at radius 2 is 1.49 bits per heavy atom. The fourth-order valence-electron chi connectivity index (χ4n) is 5.14. The van der Waals surface area contributed by atoms with E-state index in [4.69, 9.17) is 37.4 Å². The Hall–Kier alpha value is -5.47. The molecule has 12 heteroatoms. The lowest BCUT2D eigenvalue weighted by atomic mass is 9.96. The van der Waals surface area contributed by atoms with Gasteiger partial charge in [-0.25, -0.2) is 15.0 Å². The van der Waals surface area contributed by atoms with Crippen LogP contribution in [0.4, 0.5) is 0 Å². The summed E-state index contributed by atoms with van der Waals surface area (Å²) in [5.41, 5.74) is 7.64. The van der Waals surface area contributed by atoms with Gasteiger partial charge in [0.1, 0.15) is 49.5 Å². The van der Waals surface area contributed by atoms with Crippen LogP contribution in [-0.4, -0.2) is 24.9 Å². The zero-order chi connectivity index (χ0) is 34.0. The first-order valence-corrected chi connectivity index (χ1v) is 16.1. The number of nitriles is 1. The smallest absolute Gasteiger partial charge is 0.142 e. The number of benzene rings is 3. The van der Waals surface area contributed by atoms with E-state index in [2.05, 4.69) is 36.3 Å². The maximum atomic E-state index is 9.28. The van der Waals surface area contributed by atoms with Crippen LogP contribution >= 0.6 is 23.2 Å². The Kier molecular flexibility index (Phi) is 11.0. The Balaban J connectivity index is 1.20. The molecule has 246 valence electrons. The molecule has 0 spiro atoms. The van der Waals surface area contributed by atoms with Crippen molar-refractivity contribution >= 4 is 23.2 Å². The Bertz CT molecular complexity index is 2070. The molecule has 49 heavy (non-hydrogen) atoms. The summed E-state index contributed by atoms with van der Waals surface area (Å²) in [6.45, 7) is 3.86. The van der Waals surface area contributed by atoms with E-state index in [9.17, 15) is 5.26 Å².